The van der Waals surface area contributed by atoms with Crippen LogP contribution in [0.3, 0.4) is 0 Å². The van der Waals surface area contributed by atoms with Crippen molar-refractivity contribution in [1.82, 2.24) is 5.32 Å². The minimum Gasteiger partial charge on any atom is -0.483 e. The molecule has 0 unspecified atom stereocenters. The number of anilines is 1. The van der Waals surface area contributed by atoms with E-state index in [4.69, 9.17) is 4.74 Å². The number of aliphatic hydroxyl groups is 1. The Balaban J connectivity index is 1.40. The fourth-order valence-corrected chi connectivity index (χ4v) is 4.14. The van der Waals surface area contributed by atoms with Gasteiger partial charge in [-0.3, -0.25) is 9.59 Å². The minimum atomic E-state index is -0.491. The molecule has 1 aliphatic rings. The largest absolute Gasteiger partial charge is 0.483 e. The van der Waals surface area contributed by atoms with Crippen molar-refractivity contribution in [2.24, 2.45) is 0 Å². The van der Waals surface area contributed by atoms with Crippen molar-refractivity contribution in [1.29, 1.82) is 0 Å². The third-order valence-electron chi connectivity index (χ3n) is 5.88. The summed E-state index contributed by atoms with van der Waals surface area (Å²) >= 11 is 0. The van der Waals surface area contributed by atoms with Crippen LogP contribution in [0.4, 0.5) is 5.69 Å². The molecule has 1 aliphatic carbocycles. The molecule has 0 saturated carbocycles. The van der Waals surface area contributed by atoms with Crippen molar-refractivity contribution in [2.45, 2.75) is 38.3 Å². The molecule has 0 aromatic heterocycles. The summed E-state index contributed by atoms with van der Waals surface area (Å²) in [6, 6.07) is 22.0. The van der Waals surface area contributed by atoms with Crippen LogP contribution in [0.5, 0.6) is 5.75 Å². The highest BCUT2D eigenvalue weighted by Gasteiger charge is 2.21. The van der Waals surface area contributed by atoms with Crippen LogP contribution in [0.1, 0.15) is 59.0 Å². The quantitative estimate of drug-likeness (QED) is 0.498. The number of aliphatic hydroxyl groups excluding tert-OH is 1. The van der Waals surface area contributed by atoms with Crippen LogP contribution in [0.25, 0.3) is 0 Å². The lowest BCUT2D eigenvalue weighted by Gasteiger charge is -2.23. The normalized spacial score (nSPS) is 15.8. The number of hydrogen-bond donors (Lipinski definition) is 3. The number of para-hydroxylation sites is 1. The average Bonchev–Trinajstić information content (AvgIpc) is 2.84. The molecule has 0 aliphatic heterocycles. The van der Waals surface area contributed by atoms with Gasteiger partial charge in [-0.1, -0.05) is 54.6 Å². The Labute approximate surface area is 193 Å². The Morgan fingerprint density at radius 2 is 1.79 bits per heavy atom. The number of carbonyl (C=O) groups excluding carboxylic acids is 2. The lowest BCUT2D eigenvalue weighted by Crippen LogP contribution is -2.28. The Kier molecular flexibility index (Phi) is 7.05. The van der Waals surface area contributed by atoms with Crippen molar-refractivity contribution in [2.75, 3.05) is 11.9 Å². The maximum atomic E-state index is 12.9. The maximum absolute atomic E-state index is 12.9. The molecule has 0 fully saturated rings. The van der Waals surface area contributed by atoms with Gasteiger partial charge in [0.25, 0.3) is 11.8 Å². The molecule has 0 spiro atoms. The Morgan fingerprint density at radius 1 is 1.03 bits per heavy atom. The summed E-state index contributed by atoms with van der Waals surface area (Å²) < 4.78 is 5.79. The number of amides is 2. The van der Waals surface area contributed by atoms with Gasteiger partial charge in [0.05, 0.1) is 23.4 Å². The lowest BCUT2D eigenvalue weighted by molar-refractivity contribution is -0.118. The third-order valence-corrected chi connectivity index (χ3v) is 5.88. The van der Waals surface area contributed by atoms with Gasteiger partial charge in [0, 0.05) is 0 Å². The van der Waals surface area contributed by atoms with E-state index in [9.17, 15) is 14.7 Å². The molecule has 4 rings (SSSR count). The van der Waals surface area contributed by atoms with E-state index in [0.29, 0.717) is 17.0 Å². The summed E-state index contributed by atoms with van der Waals surface area (Å²) in [5.41, 5.74) is 3.63. The SMILES string of the molecule is C[C@H](NC(=O)c1ccccc1NC(=O)COc1cccc2c1CCC[C@@H]2O)c1ccccc1. The molecule has 2 atom stereocenters. The zero-order chi connectivity index (χ0) is 23.2. The highest BCUT2D eigenvalue weighted by atomic mass is 16.5. The second-order valence-electron chi connectivity index (χ2n) is 8.22. The molecule has 33 heavy (non-hydrogen) atoms. The molecular formula is C27H28N2O4. The van der Waals surface area contributed by atoms with Crippen molar-refractivity contribution in [3.05, 3.63) is 95.1 Å². The van der Waals surface area contributed by atoms with Crippen LogP contribution >= 0.6 is 0 Å². The summed E-state index contributed by atoms with van der Waals surface area (Å²) in [7, 11) is 0. The molecule has 0 saturated heterocycles. The van der Waals surface area contributed by atoms with E-state index in [0.717, 1.165) is 36.0 Å². The predicted molar refractivity (Wildman–Crippen MR) is 127 cm³/mol. The van der Waals surface area contributed by atoms with Gasteiger partial charge in [-0.2, -0.15) is 0 Å². The predicted octanol–water partition coefficient (Wildman–Crippen LogP) is 4.56. The van der Waals surface area contributed by atoms with Crippen LogP contribution in [0.2, 0.25) is 0 Å². The Hall–Kier alpha value is -3.64. The molecule has 6 heteroatoms. The van der Waals surface area contributed by atoms with Crippen LogP contribution in [0, 0.1) is 0 Å². The molecule has 3 aromatic rings. The van der Waals surface area contributed by atoms with Crippen molar-refractivity contribution < 1.29 is 19.4 Å². The van der Waals surface area contributed by atoms with Crippen LogP contribution < -0.4 is 15.4 Å². The molecular weight excluding hydrogens is 416 g/mol. The zero-order valence-electron chi connectivity index (χ0n) is 18.6. The van der Waals surface area contributed by atoms with Crippen molar-refractivity contribution in [3.8, 4) is 5.75 Å². The summed E-state index contributed by atoms with van der Waals surface area (Å²) in [6.07, 6.45) is 1.94. The first kappa shape index (κ1) is 22.6. The monoisotopic (exact) mass is 444 g/mol. The number of ether oxygens (including phenoxy) is 1. The summed E-state index contributed by atoms with van der Waals surface area (Å²) in [5.74, 6) is -0.0151. The first-order valence-corrected chi connectivity index (χ1v) is 11.2. The fraction of sp³-hybridized carbons (Fsp3) is 0.259. The zero-order valence-corrected chi connectivity index (χ0v) is 18.6. The second kappa shape index (κ2) is 10.3. The number of rotatable bonds is 7. The molecule has 0 bridgehead atoms. The van der Waals surface area contributed by atoms with E-state index < -0.39 is 6.10 Å². The van der Waals surface area contributed by atoms with Crippen LogP contribution in [0.15, 0.2) is 72.8 Å². The summed E-state index contributed by atoms with van der Waals surface area (Å²) in [5, 5.41) is 16.0. The highest BCUT2D eigenvalue weighted by molar-refractivity contribution is 6.04. The molecule has 0 radical (unpaired) electrons. The summed E-state index contributed by atoms with van der Waals surface area (Å²) in [6.45, 7) is 1.72. The minimum absolute atomic E-state index is 0.176. The Morgan fingerprint density at radius 3 is 2.61 bits per heavy atom. The van der Waals surface area contributed by atoms with Crippen molar-refractivity contribution >= 4 is 17.5 Å². The molecule has 3 aromatic carbocycles. The third kappa shape index (κ3) is 5.41. The van der Waals surface area contributed by atoms with Crippen LogP contribution in [-0.2, 0) is 11.2 Å². The van der Waals surface area contributed by atoms with Gasteiger partial charge in [-0.25, -0.2) is 0 Å². The topological polar surface area (TPSA) is 87.7 Å². The number of fused-ring (bicyclic) bond motifs is 1. The van der Waals surface area contributed by atoms with E-state index in [1.165, 1.54) is 0 Å². The van der Waals surface area contributed by atoms with E-state index >= 15 is 0 Å². The van der Waals surface area contributed by atoms with E-state index in [1.54, 1.807) is 24.3 Å². The number of benzene rings is 3. The molecule has 0 heterocycles. The fourth-order valence-electron chi connectivity index (χ4n) is 4.14. The van der Waals surface area contributed by atoms with E-state index in [1.807, 2.05) is 55.5 Å². The number of carbonyl (C=O) groups is 2. The molecule has 2 amide bonds. The second-order valence-corrected chi connectivity index (χ2v) is 8.22. The van der Waals surface area contributed by atoms with Gasteiger partial charge in [-0.05, 0) is 61.1 Å². The lowest BCUT2D eigenvalue weighted by atomic mass is 9.89. The number of hydrogen-bond acceptors (Lipinski definition) is 4. The smallest absolute Gasteiger partial charge is 0.262 e. The molecule has 3 N–H and O–H groups in total. The van der Waals surface area contributed by atoms with Crippen molar-refractivity contribution in [3.63, 3.8) is 0 Å². The summed E-state index contributed by atoms with van der Waals surface area (Å²) in [4.78, 5) is 25.5. The first-order chi connectivity index (χ1) is 16.0. The van der Waals surface area contributed by atoms with Gasteiger partial charge in [0.2, 0.25) is 0 Å². The standard InChI is InChI=1S/C27H28N2O4/c1-18(19-9-3-2-4-10-19)28-27(32)22-11-5-6-14-23(22)29-26(31)17-33-25-16-8-12-20-21(25)13-7-15-24(20)30/h2-6,8-12,14,16,18,24,30H,7,13,15,17H2,1H3,(H,28,32)(H,29,31)/t18-,24-/m0/s1. The van der Waals surface area contributed by atoms with Gasteiger partial charge in [0.15, 0.2) is 6.61 Å². The average molecular weight is 445 g/mol. The van der Waals surface area contributed by atoms with Gasteiger partial charge < -0.3 is 20.5 Å². The Bertz CT molecular complexity index is 1130. The first-order valence-electron chi connectivity index (χ1n) is 11.2. The highest BCUT2D eigenvalue weighted by Crippen LogP contribution is 2.35. The van der Waals surface area contributed by atoms with E-state index in [2.05, 4.69) is 10.6 Å². The van der Waals surface area contributed by atoms with Crippen LogP contribution in [-0.4, -0.2) is 23.5 Å². The molecule has 6 nitrogen and oxygen atoms in total. The van der Waals surface area contributed by atoms with Gasteiger partial charge in [0.1, 0.15) is 5.75 Å². The van der Waals surface area contributed by atoms with Gasteiger partial charge in [-0.15, -0.1) is 0 Å². The number of nitrogens with one attached hydrogen (secondary N) is 2. The van der Waals surface area contributed by atoms with Gasteiger partial charge >= 0.3 is 0 Å². The maximum Gasteiger partial charge on any atom is 0.262 e. The molecule has 170 valence electrons. The van der Waals surface area contributed by atoms with E-state index in [-0.39, 0.29) is 24.5 Å².